The van der Waals surface area contributed by atoms with Crippen LogP contribution >= 0.6 is 15.9 Å². The molecule has 21 heavy (non-hydrogen) atoms. The maximum atomic E-state index is 12.7. The van der Waals surface area contributed by atoms with E-state index in [0.29, 0.717) is 29.3 Å². The largest absolute Gasteiger partial charge is 0.399 e. The Morgan fingerprint density at radius 3 is 2.62 bits per heavy atom. The first-order valence-electron chi connectivity index (χ1n) is 7.19. The van der Waals surface area contributed by atoms with Crippen LogP contribution < -0.4 is 5.73 Å². The molecule has 0 bridgehead atoms. The molecular formula is C14H22BrN3O2S. The van der Waals surface area contributed by atoms with Crippen molar-refractivity contribution in [2.75, 3.05) is 31.9 Å². The highest BCUT2D eigenvalue weighted by atomic mass is 79.9. The zero-order chi connectivity index (χ0) is 15.6. The lowest BCUT2D eigenvalue weighted by Crippen LogP contribution is -2.38. The minimum Gasteiger partial charge on any atom is -0.399 e. The second-order valence-corrected chi connectivity index (χ2v) is 7.98. The number of likely N-dealkylation sites (N-methyl/N-ethyl adjacent to an activating group) is 1. The summed E-state index contributed by atoms with van der Waals surface area (Å²) in [7, 11) is -3.46. The van der Waals surface area contributed by atoms with Crippen molar-refractivity contribution >= 4 is 31.6 Å². The molecule has 0 aliphatic carbocycles. The van der Waals surface area contributed by atoms with Crippen LogP contribution in [0.1, 0.15) is 20.3 Å². The van der Waals surface area contributed by atoms with Gasteiger partial charge in [-0.1, -0.05) is 13.8 Å². The van der Waals surface area contributed by atoms with E-state index in [1.54, 1.807) is 22.5 Å². The van der Waals surface area contributed by atoms with Gasteiger partial charge in [-0.15, -0.1) is 0 Å². The molecule has 0 radical (unpaired) electrons. The number of halogens is 1. The van der Waals surface area contributed by atoms with Gasteiger partial charge in [0.1, 0.15) is 0 Å². The van der Waals surface area contributed by atoms with Crippen LogP contribution in [0.3, 0.4) is 0 Å². The molecule has 1 aromatic rings. The Hall–Kier alpha value is -0.630. The summed E-state index contributed by atoms with van der Waals surface area (Å²) in [6, 6.07) is 5.13. The molecule has 2 rings (SSSR count). The summed E-state index contributed by atoms with van der Waals surface area (Å²) in [6.45, 7) is 7.23. The van der Waals surface area contributed by atoms with E-state index in [9.17, 15) is 8.42 Å². The first kappa shape index (κ1) is 16.7. The molecule has 1 fully saturated rings. The summed E-state index contributed by atoms with van der Waals surface area (Å²) < 4.78 is 27.6. The third-order valence-electron chi connectivity index (χ3n) is 4.03. The number of sulfonamides is 1. The predicted octanol–water partition coefficient (Wildman–Crippen LogP) is 2.14. The fourth-order valence-corrected chi connectivity index (χ4v) is 5.38. The molecule has 1 saturated heterocycles. The molecule has 1 aromatic carbocycles. The Labute approximate surface area is 135 Å². The van der Waals surface area contributed by atoms with Crippen LogP contribution in [0, 0.1) is 0 Å². The van der Waals surface area contributed by atoms with E-state index >= 15 is 0 Å². The molecular weight excluding hydrogens is 354 g/mol. The zero-order valence-corrected chi connectivity index (χ0v) is 14.8. The van der Waals surface area contributed by atoms with Crippen molar-refractivity contribution in [2.24, 2.45) is 0 Å². The number of nitrogens with zero attached hydrogens (tertiary/aromatic N) is 2. The van der Waals surface area contributed by atoms with Gasteiger partial charge in [0.15, 0.2) is 0 Å². The highest BCUT2D eigenvalue weighted by Crippen LogP contribution is 2.29. The van der Waals surface area contributed by atoms with Crippen molar-refractivity contribution in [2.45, 2.75) is 31.2 Å². The number of hydrogen-bond acceptors (Lipinski definition) is 4. The summed E-state index contributed by atoms with van der Waals surface area (Å²) in [5.41, 5.74) is 6.22. The summed E-state index contributed by atoms with van der Waals surface area (Å²) in [6.07, 6.45) is 0.882. The minimum atomic E-state index is -3.46. The van der Waals surface area contributed by atoms with Gasteiger partial charge in [0.2, 0.25) is 10.0 Å². The average Bonchev–Trinajstić information content (AvgIpc) is 2.90. The van der Waals surface area contributed by atoms with Gasteiger partial charge in [0, 0.05) is 29.3 Å². The fraction of sp³-hybridized carbons (Fsp3) is 0.571. The van der Waals surface area contributed by atoms with Crippen LogP contribution in [0.15, 0.2) is 27.6 Å². The second kappa shape index (κ2) is 6.64. The van der Waals surface area contributed by atoms with E-state index in [-0.39, 0.29) is 4.90 Å². The van der Waals surface area contributed by atoms with Crippen LogP contribution in [0.25, 0.3) is 0 Å². The first-order chi connectivity index (χ1) is 9.90. The van der Waals surface area contributed by atoms with Gasteiger partial charge in [-0.2, -0.15) is 4.31 Å². The van der Waals surface area contributed by atoms with Crippen molar-refractivity contribution in [3.8, 4) is 0 Å². The van der Waals surface area contributed by atoms with Crippen molar-refractivity contribution in [3.63, 3.8) is 0 Å². The highest BCUT2D eigenvalue weighted by Gasteiger charge is 2.35. The Balaban J connectivity index is 2.22. The maximum Gasteiger partial charge on any atom is 0.244 e. The monoisotopic (exact) mass is 375 g/mol. The Morgan fingerprint density at radius 2 is 2.05 bits per heavy atom. The second-order valence-electron chi connectivity index (χ2n) is 5.22. The predicted molar refractivity (Wildman–Crippen MR) is 88.6 cm³/mol. The average molecular weight is 376 g/mol. The summed E-state index contributed by atoms with van der Waals surface area (Å²) in [5, 5.41) is 0. The van der Waals surface area contributed by atoms with Gasteiger partial charge in [0.05, 0.1) is 4.90 Å². The molecule has 7 heteroatoms. The standard InChI is InChI=1S/C14H22BrN3O2S/c1-3-17(4-2)12-7-8-18(10-12)21(19,20)14-6-5-11(16)9-13(14)15/h5-6,9,12H,3-4,7-8,10,16H2,1-2H3. The molecule has 1 aliphatic rings. The quantitative estimate of drug-likeness (QED) is 0.800. The number of anilines is 1. The minimum absolute atomic E-state index is 0.289. The molecule has 118 valence electrons. The Kier molecular flexibility index (Phi) is 5.29. The van der Waals surface area contributed by atoms with Gasteiger partial charge < -0.3 is 5.73 Å². The van der Waals surface area contributed by atoms with Gasteiger partial charge in [-0.05, 0) is 53.6 Å². The maximum absolute atomic E-state index is 12.7. The Bertz CT molecular complexity index is 602. The van der Waals surface area contributed by atoms with E-state index < -0.39 is 10.0 Å². The third kappa shape index (κ3) is 3.41. The number of hydrogen-bond donors (Lipinski definition) is 1. The molecule has 2 N–H and O–H groups in total. The molecule has 1 aliphatic heterocycles. The van der Waals surface area contributed by atoms with E-state index in [0.717, 1.165) is 19.5 Å². The topological polar surface area (TPSA) is 66.6 Å². The summed E-state index contributed by atoms with van der Waals surface area (Å²) >= 11 is 3.31. The number of nitrogen functional groups attached to an aromatic ring is 1. The van der Waals surface area contributed by atoms with E-state index in [1.807, 2.05) is 0 Å². The number of benzene rings is 1. The van der Waals surface area contributed by atoms with Gasteiger partial charge in [-0.3, -0.25) is 4.90 Å². The molecule has 0 aromatic heterocycles. The van der Waals surface area contributed by atoms with E-state index in [1.165, 1.54) is 0 Å². The lowest BCUT2D eigenvalue weighted by molar-refractivity contribution is 0.224. The molecule has 1 heterocycles. The van der Waals surface area contributed by atoms with E-state index in [4.69, 9.17) is 5.73 Å². The zero-order valence-electron chi connectivity index (χ0n) is 12.4. The molecule has 0 spiro atoms. The van der Waals surface area contributed by atoms with Crippen LogP contribution in [0.4, 0.5) is 5.69 Å². The molecule has 5 nitrogen and oxygen atoms in total. The smallest absolute Gasteiger partial charge is 0.244 e. The SMILES string of the molecule is CCN(CC)C1CCN(S(=O)(=O)c2ccc(N)cc2Br)C1. The van der Waals surface area contributed by atoms with E-state index in [2.05, 4.69) is 34.7 Å². The lowest BCUT2D eigenvalue weighted by atomic mass is 10.2. The van der Waals surface area contributed by atoms with Gasteiger partial charge in [0.25, 0.3) is 0 Å². The van der Waals surface area contributed by atoms with Crippen LogP contribution in [0.2, 0.25) is 0 Å². The first-order valence-corrected chi connectivity index (χ1v) is 9.42. The normalized spacial score (nSPS) is 20.3. The molecule has 0 saturated carbocycles. The molecule has 1 atom stereocenters. The van der Waals surface area contributed by atoms with Crippen molar-refractivity contribution in [1.29, 1.82) is 0 Å². The Morgan fingerprint density at radius 1 is 1.38 bits per heavy atom. The van der Waals surface area contributed by atoms with Crippen LogP contribution in [0.5, 0.6) is 0 Å². The summed E-state index contributed by atoms with van der Waals surface area (Å²) in [4.78, 5) is 2.60. The number of rotatable bonds is 5. The van der Waals surface area contributed by atoms with Gasteiger partial charge >= 0.3 is 0 Å². The molecule has 1 unspecified atom stereocenters. The summed E-state index contributed by atoms with van der Waals surface area (Å²) in [5.74, 6) is 0. The van der Waals surface area contributed by atoms with Crippen molar-refractivity contribution in [3.05, 3.63) is 22.7 Å². The fourth-order valence-electron chi connectivity index (χ4n) is 2.83. The van der Waals surface area contributed by atoms with Crippen LogP contribution in [-0.2, 0) is 10.0 Å². The van der Waals surface area contributed by atoms with Crippen molar-refractivity contribution in [1.82, 2.24) is 9.21 Å². The molecule has 0 amide bonds. The van der Waals surface area contributed by atoms with Crippen molar-refractivity contribution < 1.29 is 8.42 Å². The number of nitrogens with two attached hydrogens (primary N) is 1. The third-order valence-corrected chi connectivity index (χ3v) is 6.87. The highest BCUT2D eigenvalue weighted by molar-refractivity contribution is 9.10. The van der Waals surface area contributed by atoms with Gasteiger partial charge in [-0.25, -0.2) is 8.42 Å². The lowest BCUT2D eigenvalue weighted by Gasteiger charge is -2.26. The van der Waals surface area contributed by atoms with Crippen LogP contribution in [-0.4, -0.2) is 49.8 Å².